The molecule has 0 aliphatic carbocycles. The molecule has 9 heteroatoms. The van der Waals surface area contributed by atoms with Crippen LogP contribution in [0.5, 0.6) is 5.75 Å². The molecule has 0 atom stereocenters. The normalized spacial score (nSPS) is 11.3. The fourth-order valence-electron chi connectivity index (χ4n) is 2.87. The van der Waals surface area contributed by atoms with E-state index in [0.717, 1.165) is 4.31 Å². The Morgan fingerprint density at radius 1 is 1.10 bits per heavy atom. The maximum atomic E-state index is 13.2. The summed E-state index contributed by atoms with van der Waals surface area (Å²) >= 11 is 5.93. The molecule has 0 aliphatic heterocycles. The second kappa shape index (κ2) is 10.4. The Bertz CT molecular complexity index is 1120. The first-order valence-corrected chi connectivity index (χ1v) is 11.4. The molecule has 3 rings (SSSR count). The molecule has 0 aliphatic rings. The Kier molecular flexibility index (Phi) is 7.62. The molecule has 7 nitrogen and oxygen atoms in total. The zero-order chi connectivity index (χ0) is 22.3. The van der Waals surface area contributed by atoms with Gasteiger partial charge in [0.1, 0.15) is 10.6 Å². The zero-order valence-corrected chi connectivity index (χ0v) is 18.4. The van der Waals surface area contributed by atoms with E-state index in [1.54, 1.807) is 48.5 Å². The minimum Gasteiger partial charge on any atom is -0.492 e. The molecule has 31 heavy (non-hydrogen) atoms. The molecular weight excluding hydrogens is 438 g/mol. The summed E-state index contributed by atoms with van der Waals surface area (Å²) in [6.07, 6.45) is 2.74. The second-order valence-electron chi connectivity index (χ2n) is 6.57. The standard InChI is InChI=1S/C22H22ClN3O4S/c1-2-30-21-8-4-3-7-20(21)25-22(27)16-26(15-17-9-11-18(23)12-10-17)31(28,29)19-6-5-13-24-14-19/h3-14H,2,15-16H2,1H3,(H,25,27). The molecule has 0 bridgehead atoms. The Hall–Kier alpha value is -2.94. The van der Waals surface area contributed by atoms with Crippen molar-refractivity contribution in [2.24, 2.45) is 0 Å². The largest absolute Gasteiger partial charge is 0.492 e. The highest BCUT2D eigenvalue weighted by Gasteiger charge is 2.27. The van der Waals surface area contributed by atoms with E-state index in [9.17, 15) is 13.2 Å². The van der Waals surface area contributed by atoms with Crippen molar-refractivity contribution in [2.45, 2.75) is 18.4 Å². The Balaban J connectivity index is 1.86. The van der Waals surface area contributed by atoms with Crippen LogP contribution < -0.4 is 10.1 Å². The minimum absolute atomic E-state index is 0.00504. The first-order chi connectivity index (χ1) is 14.9. The Labute approximate surface area is 186 Å². The quantitative estimate of drug-likeness (QED) is 0.523. The molecule has 0 unspecified atom stereocenters. The van der Waals surface area contributed by atoms with Crippen LogP contribution in [-0.2, 0) is 21.4 Å². The number of para-hydroxylation sites is 2. The van der Waals surface area contributed by atoms with Crippen molar-refractivity contribution < 1.29 is 17.9 Å². The third-order valence-corrected chi connectivity index (χ3v) is 6.35. The lowest BCUT2D eigenvalue weighted by atomic mass is 10.2. The van der Waals surface area contributed by atoms with E-state index in [4.69, 9.17) is 16.3 Å². The van der Waals surface area contributed by atoms with Gasteiger partial charge in [0.2, 0.25) is 15.9 Å². The van der Waals surface area contributed by atoms with Crippen molar-refractivity contribution in [2.75, 3.05) is 18.5 Å². The average molecular weight is 460 g/mol. The van der Waals surface area contributed by atoms with Gasteiger partial charge in [-0.2, -0.15) is 4.31 Å². The number of benzene rings is 2. The first kappa shape index (κ1) is 22.7. The van der Waals surface area contributed by atoms with Crippen LogP contribution in [0.3, 0.4) is 0 Å². The van der Waals surface area contributed by atoms with Crippen molar-refractivity contribution in [3.05, 3.63) is 83.6 Å². The number of amides is 1. The van der Waals surface area contributed by atoms with Gasteiger partial charge in [0.15, 0.2) is 0 Å². The number of nitrogens with one attached hydrogen (secondary N) is 1. The fraction of sp³-hybridized carbons (Fsp3) is 0.182. The van der Waals surface area contributed by atoms with Crippen molar-refractivity contribution in [3.63, 3.8) is 0 Å². The predicted molar refractivity (Wildman–Crippen MR) is 120 cm³/mol. The molecule has 162 valence electrons. The summed E-state index contributed by atoms with van der Waals surface area (Å²) in [6.45, 7) is 1.88. The number of hydrogen-bond donors (Lipinski definition) is 1. The monoisotopic (exact) mass is 459 g/mol. The van der Waals surface area contributed by atoms with E-state index >= 15 is 0 Å². The van der Waals surface area contributed by atoms with E-state index in [2.05, 4.69) is 10.3 Å². The van der Waals surface area contributed by atoms with E-state index in [-0.39, 0.29) is 18.0 Å². The number of ether oxygens (including phenoxy) is 1. The van der Waals surface area contributed by atoms with Crippen LogP contribution >= 0.6 is 11.6 Å². The molecule has 1 aromatic heterocycles. The van der Waals surface area contributed by atoms with E-state index < -0.39 is 15.9 Å². The van der Waals surface area contributed by atoms with Gasteiger partial charge in [-0.1, -0.05) is 35.9 Å². The highest BCUT2D eigenvalue weighted by atomic mass is 35.5. The molecule has 0 saturated carbocycles. The Morgan fingerprint density at radius 3 is 2.52 bits per heavy atom. The molecule has 2 aromatic carbocycles. The molecule has 1 N–H and O–H groups in total. The number of aromatic nitrogens is 1. The van der Waals surface area contributed by atoms with Gasteiger partial charge in [-0.05, 0) is 48.9 Å². The average Bonchev–Trinajstić information content (AvgIpc) is 2.77. The fourth-order valence-corrected chi connectivity index (χ4v) is 4.34. The van der Waals surface area contributed by atoms with Gasteiger partial charge in [0, 0.05) is 24.0 Å². The summed E-state index contributed by atoms with van der Waals surface area (Å²) in [6, 6.07) is 16.7. The maximum Gasteiger partial charge on any atom is 0.245 e. The summed E-state index contributed by atoms with van der Waals surface area (Å²) < 4.78 is 33.1. The zero-order valence-electron chi connectivity index (χ0n) is 16.9. The predicted octanol–water partition coefficient (Wildman–Crippen LogP) is 3.96. The molecule has 3 aromatic rings. The number of nitrogens with zero attached hydrogens (tertiary/aromatic N) is 2. The highest BCUT2D eigenvalue weighted by Crippen LogP contribution is 2.24. The van der Waals surface area contributed by atoms with Gasteiger partial charge >= 0.3 is 0 Å². The third kappa shape index (κ3) is 6.04. The number of rotatable bonds is 9. The number of carbonyl (C=O) groups excluding carboxylic acids is 1. The smallest absolute Gasteiger partial charge is 0.245 e. The van der Waals surface area contributed by atoms with Crippen molar-refractivity contribution in [1.82, 2.24) is 9.29 Å². The summed E-state index contributed by atoms with van der Waals surface area (Å²) in [5.74, 6) is 0.0197. The lowest BCUT2D eigenvalue weighted by Crippen LogP contribution is -2.37. The van der Waals surface area contributed by atoms with E-state index in [1.807, 2.05) is 6.92 Å². The van der Waals surface area contributed by atoms with Crippen LogP contribution in [0.15, 0.2) is 78.0 Å². The van der Waals surface area contributed by atoms with Crippen LogP contribution in [0.1, 0.15) is 12.5 Å². The van der Waals surface area contributed by atoms with Crippen molar-refractivity contribution in [1.29, 1.82) is 0 Å². The number of sulfonamides is 1. The molecular formula is C22H22ClN3O4S. The van der Waals surface area contributed by atoms with Crippen molar-refractivity contribution >= 4 is 33.2 Å². The number of pyridine rings is 1. The number of hydrogen-bond acceptors (Lipinski definition) is 5. The van der Waals surface area contributed by atoms with Crippen molar-refractivity contribution in [3.8, 4) is 5.75 Å². The molecule has 0 saturated heterocycles. The van der Waals surface area contributed by atoms with Gasteiger partial charge in [0.25, 0.3) is 0 Å². The lowest BCUT2D eigenvalue weighted by molar-refractivity contribution is -0.116. The molecule has 1 amide bonds. The van der Waals surface area contributed by atoms with Gasteiger partial charge in [-0.15, -0.1) is 0 Å². The van der Waals surface area contributed by atoms with Gasteiger partial charge in [-0.25, -0.2) is 8.42 Å². The van der Waals surface area contributed by atoms with Gasteiger partial charge < -0.3 is 10.1 Å². The minimum atomic E-state index is -3.97. The number of carbonyl (C=O) groups is 1. The summed E-state index contributed by atoms with van der Waals surface area (Å²) in [5, 5.41) is 3.28. The van der Waals surface area contributed by atoms with Crippen LogP contribution in [0, 0.1) is 0 Å². The van der Waals surface area contributed by atoms with Gasteiger partial charge in [0.05, 0.1) is 18.8 Å². The summed E-state index contributed by atoms with van der Waals surface area (Å²) in [4.78, 5) is 16.7. The second-order valence-corrected chi connectivity index (χ2v) is 8.94. The summed E-state index contributed by atoms with van der Waals surface area (Å²) in [5.41, 5.74) is 1.17. The van der Waals surface area contributed by atoms with Gasteiger partial charge in [-0.3, -0.25) is 9.78 Å². The maximum absolute atomic E-state index is 13.2. The van der Waals surface area contributed by atoms with Crippen LogP contribution in [-0.4, -0.2) is 36.8 Å². The van der Waals surface area contributed by atoms with Crippen LogP contribution in [0.2, 0.25) is 5.02 Å². The summed E-state index contributed by atoms with van der Waals surface area (Å²) in [7, 11) is -3.97. The molecule has 0 spiro atoms. The number of anilines is 1. The van der Waals surface area contributed by atoms with Crippen LogP contribution in [0.4, 0.5) is 5.69 Å². The first-order valence-electron chi connectivity index (χ1n) is 9.56. The molecule has 0 radical (unpaired) electrons. The highest BCUT2D eigenvalue weighted by molar-refractivity contribution is 7.89. The Morgan fingerprint density at radius 2 is 1.84 bits per heavy atom. The van der Waals surface area contributed by atoms with Crippen LogP contribution in [0.25, 0.3) is 0 Å². The molecule has 1 heterocycles. The topological polar surface area (TPSA) is 88.6 Å². The number of halogens is 1. The molecule has 0 fully saturated rings. The SMILES string of the molecule is CCOc1ccccc1NC(=O)CN(Cc1ccc(Cl)cc1)S(=O)(=O)c1cccnc1. The van der Waals surface area contributed by atoms with E-state index in [1.165, 1.54) is 24.5 Å². The third-order valence-electron chi connectivity index (χ3n) is 4.33. The van der Waals surface area contributed by atoms with E-state index in [0.29, 0.717) is 28.6 Å². The lowest BCUT2D eigenvalue weighted by Gasteiger charge is -2.22.